The highest BCUT2D eigenvalue weighted by Gasteiger charge is 2.42. The van der Waals surface area contributed by atoms with Crippen LogP contribution in [-0.4, -0.2) is 41.9 Å². The van der Waals surface area contributed by atoms with Gasteiger partial charge in [-0.25, -0.2) is 0 Å². The van der Waals surface area contributed by atoms with Crippen LogP contribution >= 0.6 is 0 Å². The van der Waals surface area contributed by atoms with Gasteiger partial charge >= 0.3 is 0 Å². The first-order chi connectivity index (χ1) is 14.7. The lowest BCUT2D eigenvalue weighted by molar-refractivity contribution is -0.151. The number of hydrogen-bond donors (Lipinski definition) is 1. The number of carbonyl (C=O) groups excluding carboxylic acids is 2. The fourth-order valence-corrected chi connectivity index (χ4v) is 4.26. The number of fused-ring (bicyclic) bond motifs is 1. The molecule has 5 nitrogen and oxygen atoms in total. The summed E-state index contributed by atoms with van der Waals surface area (Å²) in [4.78, 5) is 27.5. The van der Waals surface area contributed by atoms with E-state index in [1.165, 1.54) is 5.56 Å². The number of nitrogens with zero attached hydrogens (tertiary/aromatic N) is 1. The maximum Gasteiger partial charge on any atom is 0.289 e. The highest BCUT2D eigenvalue weighted by molar-refractivity contribution is 5.98. The van der Waals surface area contributed by atoms with Crippen molar-refractivity contribution in [3.8, 4) is 0 Å². The number of carbonyl (C=O) groups is 2. The highest BCUT2D eigenvalue weighted by atomic mass is 16.5. The molecule has 5 heteroatoms. The molecule has 30 heavy (non-hydrogen) atoms. The van der Waals surface area contributed by atoms with E-state index in [2.05, 4.69) is 5.32 Å². The smallest absolute Gasteiger partial charge is 0.289 e. The number of rotatable bonds is 6. The van der Waals surface area contributed by atoms with Crippen molar-refractivity contribution >= 4 is 17.9 Å². The Hall–Kier alpha value is -3.08. The summed E-state index contributed by atoms with van der Waals surface area (Å²) in [5, 5.41) is 2.97. The molecule has 2 atom stereocenters. The molecule has 1 aliphatic carbocycles. The molecule has 2 aliphatic rings. The fraction of sp³-hybridized carbons (Fsp3) is 0.360. The van der Waals surface area contributed by atoms with Crippen molar-refractivity contribution in [2.24, 2.45) is 0 Å². The second kappa shape index (κ2) is 9.61. The van der Waals surface area contributed by atoms with Crippen LogP contribution in [0.5, 0.6) is 0 Å². The molecule has 2 fully saturated rings. The molecule has 156 valence electrons. The van der Waals surface area contributed by atoms with E-state index >= 15 is 0 Å². The summed E-state index contributed by atoms with van der Waals surface area (Å²) in [6, 6.07) is 19.7. The Labute approximate surface area is 177 Å². The quantitative estimate of drug-likeness (QED) is 0.749. The van der Waals surface area contributed by atoms with Crippen LogP contribution in [0, 0.1) is 0 Å². The Morgan fingerprint density at radius 1 is 1.03 bits per heavy atom. The number of hydrogen-bond acceptors (Lipinski definition) is 3. The Kier molecular flexibility index (Phi) is 6.47. The van der Waals surface area contributed by atoms with Gasteiger partial charge in [-0.15, -0.1) is 0 Å². The third-order valence-corrected chi connectivity index (χ3v) is 5.81. The summed E-state index contributed by atoms with van der Waals surface area (Å²) in [5.41, 5.74) is 2.10. The molecular weight excluding hydrogens is 376 g/mol. The second-order valence-electron chi connectivity index (χ2n) is 7.95. The third kappa shape index (κ3) is 4.90. The number of nitrogens with one attached hydrogen (secondary N) is 1. The Morgan fingerprint density at radius 3 is 2.50 bits per heavy atom. The highest BCUT2D eigenvalue weighted by Crippen LogP contribution is 2.33. The lowest BCUT2D eigenvalue weighted by atomic mass is 9.89. The molecular formula is C25H28N2O3. The molecule has 1 N–H and O–H groups in total. The Bertz CT molecular complexity index is 895. The van der Waals surface area contributed by atoms with E-state index in [9.17, 15) is 9.59 Å². The summed E-state index contributed by atoms with van der Waals surface area (Å²) >= 11 is 0. The maximum atomic E-state index is 13.2. The van der Waals surface area contributed by atoms with E-state index in [0.29, 0.717) is 12.3 Å². The van der Waals surface area contributed by atoms with E-state index in [1.54, 1.807) is 11.0 Å². The van der Waals surface area contributed by atoms with Crippen LogP contribution in [0.15, 0.2) is 66.4 Å². The lowest BCUT2D eigenvalue weighted by Crippen LogP contribution is -2.57. The Morgan fingerprint density at radius 2 is 1.73 bits per heavy atom. The minimum atomic E-state index is -0.194. The molecule has 2 aromatic rings. The number of benzene rings is 2. The predicted molar refractivity (Wildman–Crippen MR) is 116 cm³/mol. The van der Waals surface area contributed by atoms with Gasteiger partial charge in [0.15, 0.2) is 5.76 Å². The van der Waals surface area contributed by atoms with Crippen molar-refractivity contribution in [2.75, 3.05) is 13.1 Å². The number of amides is 2. The standard InChI is InChI=1S/C25H28N2O3/c28-24(26-16-15-19-9-3-1-4-10-19)18-27-21-13-7-8-14-22(21)30-23(25(27)29)17-20-11-5-2-6-12-20/h1-6,9-12,17,21-22H,7-8,13-16,18H2,(H,26,28)/b23-17+. The van der Waals surface area contributed by atoms with Crippen LogP contribution in [0.25, 0.3) is 6.08 Å². The van der Waals surface area contributed by atoms with Gasteiger partial charge in [-0.1, -0.05) is 67.1 Å². The van der Waals surface area contributed by atoms with Crippen molar-refractivity contribution < 1.29 is 14.3 Å². The first-order valence-corrected chi connectivity index (χ1v) is 10.8. The van der Waals surface area contributed by atoms with Gasteiger partial charge in [-0.3, -0.25) is 9.59 Å². The van der Waals surface area contributed by atoms with Crippen LogP contribution in [0.1, 0.15) is 36.8 Å². The van der Waals surface area contributed by atoms with E-state index in [4.69, 9.17) is 4.74 Å². The normalized spacial score (nSPS) is 22.3. The van der Waals surface area contributed by atoms with Gasteiger partial charge in [0, 0.05) is 6.54 Å². The minimum absolute atomic E-state index is 0.0287. The summed E-state index contributed by atoms with van der Waals surface area (Å²) in [7, 11) is 0. The fourth-order valence-electron chi connectivity index (χ4n) is 4.26. The summed E-state index contributed by atoms with van der Waals surface area (Å²) in [5.74, 6) is 0.0196. The van der Waals surface area contributed by atoms with Gasteiger partial charge in [0.05, 0.1) is 6.04 Å². The number of morpholine rings is 1. The SMILES string of the molecule is O=C(CN1C(=O)/C(=C\c2ccccc2)OC2CCCCC21)NCCc1ccccc1. The molecule has 1 aliphatic heterocycles. The van der Waals surface area contributed by atoms with Gasteiger partial charge in [-0.2, -0.15) is 0 Å². The van der Waals surface area contributed by atoms with Crippen molar-refractivity contribution in [1.29, 1.82) is 0 Å². The van der Waals surface area contributed by atoms with Crippen molar-refractivity contribution in [3.05, 3.63) is 77.5 Å². The van der Waals surface area contributed by atoms with E-state index in [1.807, 2.05) is 60.7 Å². The van der Waals surface area contributed by atoms with Gasteiger partial charge in [0.1, 0.15) is 12.6 Å². The topological polar surface area (TPSA) is 58.6 Å². The van der Waals surface area contributed by atoms with Crippen LogP contribution < -0.4 is 5.32 Å². The third-order valence-electron chi connectivity index (χ3n) is 5.81. The molecule has 0 bridgehead atoms. The van der Waals surface area contributed by atoms with Crippen molar-refractivity contribution in [1.82, 2.24) is 10.2 Å². The first kappa shape index (κ1) is 20.2. The summed E-state index contributed by atoms with van der Waals surface area (Å²) in [6.45, 7) is 0.631. The zero-order valence-corrected chi connectivity index (χ0v) is 17.1. The average Bonchev–Trinajstić information content (AvgIpc) is 2.78. The molecule has 2 aromatic carbocycles. The van der Waals surface area contributed by atoms with Gasteiger partial charge < -0.3 is 15.0 Å². The first-order valence-electron chi connectivity index (χ1n) is 10.8. The van der Waals surface area contributed by atoms with Crippen molar-refractivity contribution in [2.45, 2.75) is 44.2 Å². The molecule has 4 rings (SSSR count). The van der Waals surface area contributed by atoms with E-state index in [-0.39, 0.29) is 30.5 Å². The van der Waals surface area contributed by atoms with E-state index in [0.717, 1.165) is 37.7 Å². The van der Waals surface area contributed by atoms with Crippen LogP contribution in [0.4, 0.5) is 0 Å². The largest absolute Gasteiger partial charge is 0.482 e. The second-order valence-corrected chi connectivity index (χ2v) is 7.95. The van der Waals surface area contributed by atoms with Crippen molar-refractivity contribution in [3.63, 3.8) is 0 Å². The molecule has 0 radical (unpaired) electrons. The zero-order valence-electron chi connectivity index (χ0n) is 17.1. The molecule has 0 aromatic heterocycles. The molecule has 1 saturated carbocycles. The van der Waals surface area contributed by atoms with Gasteiger partial charge in [0.25, 0.3) is 5.91 Å². The van der Waals surface area contributed by atoms with Gasteiger partial charge in [0.2, 0.25) is 5.91 Å². The molecule has 0 spiro atoms. The lowest BCUT2D eigenvalue weighted by Gasteiger charge is -2.44. The summed E-state index contributed by atoms with van der Waals surface area (Å²) in [6.07, 6.45) is 6.46. The Balaban J connectivity index is 1.43. The van der Waals surface area contributed by atoms with Gasteiger partial charge in [-0.05, 0) is 42.9 Å². The van der Waals surface area contributed by atoms with Crippen LogP contribution in [0.3, 0.4) is 0 Å². The monoisotopic (exact) mass is 404 g/mol. The zero-order chi connectivity index (χ0) is 20.8. The average molecular weight is 405 g/mol. The molecule has 1 saturated heterocycles. The van der Waals surface area contributed by atoms with Crippen LogP contribution in [0.2, 0.25) is 0 Å². The summed E-state index contributed by atoms with van der Waals surface area (Å²) < 4.78 is 6.10. The van der Waals surface area contributed by atoms with Crippen LogP contribution in [-0.2, 0) is 20.7 Å². The molecule has 1 heterocycles. The maximum absolute atomic E-state index is 13.2. The molecule has 2 unspecified atom stereocenters. The number of ether oxygens (including phenoxy) is 1. The molecule has 2 amide bonds. The minimum Gasteiger partial charge on any atom is -0.482 e. The predicted octanol–water partition coefficient (Wildman–Crippen LogP) is 3.56. The van der Waals surface area contributed by atoms with E-state index < -0.39 is 0 Å².